The van der Waals surface area contributed by atoms with Gasteiger partial charge in [-0.2, -0.15) is 0 Å². The lowest BCUT2D eigenvalue weighted by Crippen LogP contribution is -2.34. The van der Waals surface area contributed by atoms with Crippen molar-refractivity contribution in [3.63, 3.8) is 0 Å². The van der Waals surface area contributed by atoms with Gasteiger partial charge in [-0.1, -0.05) is 12.2 Å². The molecule has 0 aromatic rings. The third kappa shape index (κ3) is 1.54. The molecule has 0 unspecified atom stereocenters. The molecule has 1 atom stereocenters. The highest BCUT2D eigenvalue weighted by Gasteiger charge is 2.26. The number of fused-ring (bicyclic) bond motifs is 1. The minimum Gasteiger partial charge on any atom is -0.454 e. The molecule has 2 rings (SSSR count). The molecular formula is C10H17N2-. The fraction of sp³-hybridized carbons (Fsp3) is 0.700. The quantitative estimate of drug-likeness (QED) is 0.392. The van der Waals surface area contributed by atoms with Crippen molar-refractivity contribution in [2.75, 3.05) is 26.2 Å². The first kappa shape index (κ1) is 8.27. The number of nitrogens with zero attached hydrogens (tertiary/aromatic N) is 2. The van der Waals surface area contributed by atoms with Crippen molar-refractivity contribution >= 4 is 0 Å². The van der Waals surface area contributed by atoms with E-state index >= 15 is 0 Å². The van der Waals surface area contributed by atoms with Crippen molar-refractivity contribution < 1.29 is 0 Å². The van der Waals surface area contributed by atoms with Crippen LogP contribution in [0.15, 0.2) is 12.2 Å². The summed E-state index contributed by atoms with van der Waals surface area (Å²) < 4.78 is 0. The molecule has 0 saturated carbocycles. The highest BCUT2D eigenvalue weighted by molar-refractivity contribution is 5.05. The first-order valence-corrected chi connectivity index (χ1v) is 4.72. The molecule has 2 aliphatic heterocycles. The van der Waals surface area contributed by atoms with Crippen molar-refractivity contribution in [3.05, 3.63) is 19.2 Å². The molecule has 0 aliphatic carbocycles. The van der Waals surface area contributed by atoms with Gasteiger partial charge in [-0.05, 0) is 32.5 Å². The molecule has 2 heterocycles. The summed E-state index contributed by atoms with van der Waals surface area (Å²) in [6.07, 6.45) is 2.70. The van der Waals surface area contributed by atoms with Crippen molar-refractivity contribution in [1.29, 1.82) is 0 Å². The van der Waals surface area contributed by atoms with Gasteiger partial charge >= 0.3 is 0 Å². The van der Waals surface area contributed by atoms with Crippen LogP contribution in [0.2, 0.25) is 0 Å². The lowest BCUT2D eigenvalue weighted by atomic mass is 10.2. The van der Waals surface area contributed by atoms with Crippen LogP contribution in [0.25, 0.3) is 0 Å². The Bertz CT molecular complexity index is 188. The monoisotopic (exact) mass is 165 g/mol. The van der Waals surface area contributed by atoms with Crippen LogP contribution >= 0.6 is 0 Å². The molecule has 0 N–H and O–H groups in total. The Hall–Kier alpha value is -0.340. The lowest BCUT2D eigenvalue weighted by molar-refractivity contribution is 0.252. The normalized spacial score (nSPS) is 33.4. The summed E-state index contributed by atoms with van der Waals surface area (Å²) in [6.45, 7) is 8.52. The summed E-state index contributed by atoms with van der Waals surface area (Å²) in [4.78, 5) is 4.70. The van der Waals surface area contributed by atoms with Crippen molar-refractivity contribution in [1.82, 2.24) is 9.80 Å². The molecule has 0 amide bonds. The molecule has 68 valence electrons. The van der Waals surface area contributed by atoms with Crippen molar-refractivity contribution in [2.45, 2.75) is 18.9 Å². The second kappa shape index (κ2) is 3.19. The standard InChI is InChI=1S/C10H17N2/c1-9-6-11(2)8-10-4-3-5-12(10)7-9/h10H,1-8H2/q-1/t10-/m0/s1. The Balaban J connectivity index is 2.07. The van der Waals surface area contributed by atoms with E-state index in [1.54, 1.807) is 0 Å². The van der Waals surface area contributed by atoms with Crippen LogP contribution in [-0.2, 0) is 0 Å². The van der Waals surface area contributed by atoms with Gasteiger partial charge in [-0.3, -0.25) is 11.9 Å². The van der Waals surface area contributed by atoms with Gasteiger partial charge in [0.15, 0.2) is 0 Å². The molecule has 0 aromatic carbocycles. The third-order valence-electron chi connectivity index (χ3n) is 2.84. The molecule has 2 aliphatic rings. The number of hydrogen-bond acceptors (Lipinski definition) is 2. The van der Waals surface area contributed by atoms with E-state index in [1.165, 1.54) is 25.0 Å². The van der Waals surface area contributed by atoms with Crippen LogP contribution in [0.5, 0.6) is 0 Å². The minimum atomic E-state index is 0.752. The van der Waals surface area contributed by atoms with E-state index in [-0.39, 0.29) is 0 Å². The van der Waals surface area contributed by atoms with E-state index in [1.807, 2.05) is 0 Å². The highest BCUT2D eigenvalue weighted by Crippen LogP contribution is 2.21. The molecular weight excluding hydrogens is 148 g/mol. The predicted octanol–water partition coefficient (Wildman–Crippen LogP) is 1.11. The summed E-state index contributed by atoms with van der Waals surface area (Å²) in [5.74, 6) is 0. The zero-order valence-electron chi connectivity index (χ0n) is 7.63. The zero-order valence-corrected chi connectivity index (χ0v) is 7.63. The molecule has 2 heteroatoms. The number of hydrogen-bond donors (Lipinski definition) is 0. The molecule has 0 bridgehead atoms. The van der Waals surface area contributed by atoms with Crippen LogP contribution in [0, 0.1) is 7.05 Å². The summed E-state index contributed by atoms with van der Waals surface area (Å²) >= 11 is 0. The van der Waals surface area contributed by atoms with E-state index in [0.29, 0.717) is 0 Å². The number of rotatable bonds is 0. The maximum absolute atomic E-state index is 4.06. The average molecular weight is 165 g/mol. The summed E-state index contributed by atoms with van der Waals surface area (Å²) in [5.41, 5.74) is 1.31. The van der Waals surface area contributed by atoms with Gasteiger partial charge in [0.2, 0.25) is 0 Å². The molecule has 2 nitrogen and oxygen atoms in total. The van der Waals surface area contributed by atoms with Gasteiger partial charge in [0, 0.05) is 12.6 Å². The largest absolute Gasteiger partial charge is 0.454 e. The maximum atomic E-state index is 4.06. The van der Waals surface area contributed by atoms with Gasteiger partial charge in [0.05, 0.1) is 0 Å². The van der Waals surface area contributed by atoms with Crippen LogP contribution in [-0.4, -0.2) is 42.0 Å². The van der Waals surface area contributed by atoms with E-state index in [0.717, 1.165) is 25.7 Å². The Labute approximate surface area is 74.8 Å². The molecule has 2 saturated heterocycles. The molecule has 2 fully saturated rings. The van der Waals surface area contributed by atoms with Gasteiger partial charge in [0.25, 0.3) is 0 Å². The molecule has 0 radical (unpaired) electrons. The smallest absolute Gasteiger partial charge is 0.0205 e. The van der Waals surface area contributed by atoms with Crippen molar-refractivity contribution in [3.8, 4) is 0 Å². The van der Waals surface area contributed by atoms with E-state index in [4.69, 9.17) is 0 Å². The van der Waals surface area contributed by atoms with Gasteiger partial charge < -0.3 is 4.90 Å². The van der Waals surface area contributed by atoms with Gasteiger partial charge in [0.1, 0.15) is 0 Å². The highest BCUT2D eigenvalue weighted by atomic mass is 15.2. The van der Waals surface area contributed by atoms with Crippen LogP contribution in [0.1, 0.15) is 12.8 Å². The first-order chi connectivity index (χ1) is 5.75. The Morgan fingerprint density at radius 1 is 1.42 bits per heavy atom. The fourth-order valence-electron chi connectivity index (χ4n) is 2.33. The Morgan fingerprint density at radius 2 is 2.25 bits per heavy atom. The zero-order chi connectivity index (χ0) is 8.55. The predicted molar refractivity (Wildman–Crippen MR) is 50.7 cm³/mol. The van der Waals surface area contributed by atoms with Gasteiger partial charge in [-0.15, -0.1) is 0 Å². The maximum Gasteiger partial charge on any atom is 0.0205 e. The Kier molecular flexibility index (Phi) is 2.20. The second-order valence-corrected chi connectivity index (χ2v) is 4.03. The minimum absolute atomic E-state index is 0.752. The van der Waals surface area contributed by atoms with Crippen molar-refractivity contribution in [2.24, 2.45) is 0 Å². The van der Waals surface area contributed by atoms with E-state index in [9.17, 15) is 0 Å². The SMILES string of the molecule is C=C1CN([CH2-])C[C@@H]2CCCN2C1. The fourth-order valence-corrected chi connectivity index (χ4v) is 2.33. The van der Waals surface area contributed by atoms with Crippen LogP contribution < -0.4 is 0 Å². The lowest BCUT2D eigenvalue weighted by Gasteiger charge is -2.27. The van der Waals surface area contributed by atoms with Crippen LogP contribution in [0.3, 0.4) is 0 Å². The second-order valence-electron chi connectivity index (χ2n) is 4.03. The molecule has 12 heavy (non-hydrogen) atoms. The van der Waals surface area contributed by atoms with Crippen LogP contribution in [0.4, 0.5) is 0 Å². The Morgan fingerprint density at radius 3 is 3.08 bits per heavy atom. The summed E-state index contributed by atoms with van der Waals surface area (Å²) in [6, 6.07) is 0.752. The topological polar surface area (TPSA) is 6.48 Å². The first-order valence-electron chi connectivity index (χ1n) is 4.72. The molecule has 0 spiro atoms. The third-order valence-corrected chi connectivity index (χ3v) is 2.84. The van der Waals surface area contributed by atoms with E-state index in [2.05, 4.69) is 23.4 Å². The van der Waals surface area contributed by atoms with E-state index < -0.39 is 0 Å². The summed E-state index contributed by atoms with van der Waals surface area (Å²) in [5, 5.41) is 0. The average Bonchev–Trinajstić information content (AvgIpc) is 2.31. The molecule has 0 aromatic heterocycles. The van der Waals surface area contributed by atoms with Gasteiger partial charge in [-0.25, -0.2) is 0 Å². The summed E-state index contributed by atoms with van der Waals surface area (Å²) in [7, 11) is 4.01.